The number of aromatic nitrogens is 1. The van der Waals surface area contributed by atoms with Crippen LogP contribution in [0.25, 0.3) is 11.3 Å². The third kappa shape index (κ3) is 4.12. The zero-order valence-electron chi connectivity index (χ0n) is 12.6. The van der Waals surface area contributed by atoms with E-state index in [0.29, 0.717) is 18.9 Å². The fourth-order valence-corrected chi connectivity index (χ4v) is 1.90. The van der Waals surface area contributed by atoms with E-state index in [9.17, 15) is 0 Å². The predicted octanol–water partition coefficient (Wildman–Crippen LogP) is 3.91. The first kappa shape index (κ1) is 15.2. The molecule has 2 rings (SSSR count). The highest BCUT2D eigenvalue weighted by Gasteiger charge is 2.08. The number of nitrogens with two attached hydrogens (primary N) is 1. The molecule has 4 nitrogen and oxygen atoms in total. The van der Waals surface area contributed by atoms with Crippen molar-refractivity contribution in [3.05, 3.63) is 36.5 Å². The van der Waals surface area contributed by atoms with E-state index in [1.165, 1.54) is 0 Å². The molecule has 21 heavy (non-hydrogen) atoms. The molecule has 1 aromatic carbocycles. The molecule has 0 spiro atoms. The zero-order chi connectivity index (χ0) is 15.1. The van der Waals surface area contributed by atoms with E-state index >= 15 is 0 Å². The summed E-state index contributed by atoms with van der Waals surface area (Å²) in [4.78, 5) is 4.34. The van der Waals surface area contributed by atoms with Crippen LogP contribution in [-0.4, -0.2) is 18.2 Å². The number of ether oxygens (including phenoxy) is 2. The van der Waals surface area contributed by atoms with Crippen LogP contribution in [0.1, 0.15) is 26.7 Å². The summed E-state index contributed by atoms with van der Waals surface area (Å²) in [7, 11) is 0. The Labute approximate surface area is 125 Å². The molecule has 0 saturated carbocycles. The fourth-order valence-electron chi connectivity index (χ4n) is 1.90. The molecule has 112 valence electrons. The van der Waals surface area contributed by atoms with Crippen LogP contribution in [0.5, 0.6) is 11.5 Å². The van der Waals surface area contributed by atoms with Crippen molar-refractivity contribution < 1.29 is 9.47 Å². The highest BCUT2D eigenvalue weighted by atomic mass is 16.5. The van der Waals surface area contributed by atoms with Crippen molar-refractivity contribution in [2.45, 2.75) is 26.7 Å². The molecule has 0 radical (unpaired) electrons. The Morgan fingerprint density at radius 1 is 0.952 bits per heavy atom. The Morgan fingerprint density at radius 2 is 1.67 bits per heavy atom. The number of hydrogen-bond acceptors (Lipinski definition) is 4. The topological polar surface area (TPSA) is 57.4 Å². The third-order valence-electron chi connectivity index (χ3n) is 2.95. The Balaban J connectivity index is 2.28. The molecule has 0 amide bonds. The Hall–Kier alpha value is -2.23. The average Bonchev–Trinajstić information content (AvgIpc) is 2.52. The van der Waals surface area contributed by atoms with E-state index in [2.05, 4.69) is 18.8 Å². The van der Waals surface area contributed by atoms with E-state index in [-0.39, 0.29) is 0 Å². The van der Waals surface area contributed by atoms with Crippen molar-refractivity contribution in [2.24, 2.45) is 0 Å². The summed E-state index contributed by atoms with van der Waals surface area (Å²) in [6, 6.07) is 9.65. The zero-order valence-corrected chi connectivity index (χ0v) is 12.6. The van der Waals surface area contributed by atoms with Gasteiger partial charge in [-0.3, -0.25) is 4.98 Å². The lowest BCUT2D eigenvalue weighted by atomic mass is 10.1. The lowest BCUT2D eigenvalue weighted by Gasteiger charge is -2.13. The van der Waals surface area contributed by atoms with Crippen LogP contribution in [0.2, 0.25) is 0 Å². The van der Waals surface area contributed by atoms with Crippen LogP contribution in [0.4, 0.5) is 5.69 Å². The van der Waals surface area contributed by atoms with Gasteiger partial charge in [0.05, 0.1) is 30.8 Å². The second kappa shape index (κ2) is 7.53. The fraction of sp³-hybridized carbons (Fsp3) is 0.353. The maximum Gasteiger partial charge on any atom is 0.161 e. The first-order valence-corrected chi connectivity index (χ1v) is 7.36. The van der Waals surface area contributed by atoms with Crippen LogP contribution in [0, 0.1) is 0 Å². The van der Waals surface area contributed by atoms with Crippen molar-refractivity contribution >= 4 is 5.69 Å². The molecule has 0 aliphatic heterocycles. The van der Waals surface area contributed by atoms with E-state index < -0.39 is 0 Å². The molecule has 2 N–H and O–H groups in total. The van der Waals surface area contributed by atoms with Crippen LogP contribution in [-0.2, 0) is 0 Å². The number of anilines is 1. The van der Waals surface area contributed by atoms with Crippen LogP contribution in [0.3, 0.4) is 0 Å². The standard InChI is InChI=1S/C17H22N2O2/c1-3-9-20-16-8-5-13(11-17(16)21-10-4-2)15-7-6-14(18)12-19-15/h5-8,11-12H,3-4,9-10,18H2,1-2H3. The maximum atomic E-state index is 5.79. The molecule has 0 fully saturated rings. The second-order valence-electron chi connectivity index (χ2n) is 4.84. The number of nitrogen functional groups attached to an aromatic ring is 1. The van der Waals surface area contributed by atoms with Crippen molar-refractivity contribution in [3.8, 4) is 22.8 Å². The maximum absolute atomic E-state index is 5.79. The van der Waals surface area contributed by atoms with Gasteiger partial charge < -0.3 is 15.2 Å². The summed E-state index contributed by atoms with van der Waals surface area (Å²) in [6.45, 7) is 5.51. The Morgan fingerprint density at radius 3 is 2.29 bits per heavy atom. The molecule has 1 heterocycles. The van der Waals surface area contributed by atoms with E-state index in [0.717, 1.165) is 35.6 Å². The number of rotatable bonds is 7. The summed E-state index contributed by atoms with van der Waals surface area (Å²) < 4.78 is 11.5. The molecule has 0 aliphatic rings. The summed E-state index contributed by atoms with van der Waals surface area (Å²) in [5.41, 5.74) is 8.19. The SMILES string of the molecule is CCCOc1ccc(-c2ccc(N)cn2)cc1OCCC. The highest BCUT2D eigenvalue weighted by Crippen LogP contribution is 2.32. The Bertz CT molecular complexity index is 568. The first-order chi connectivity index (χ1) is 10.2. The molecule has 2 aromatic rings. The number of pyridine rings is 1. The second-order valence-corrected chi connectivity index (χ2v) is 4.84. The van der Waals surface area contributed by atoms with Gasteiger partial charge in [0, 0.05) is 5.56 Å². The van der Waals surface area contributed by atoms with Gasteiger partial charge in [0.15, 0.2) is 11.5 Å². The van der Waals surface area contributed by atoms with Crippen LogP contribution >= 0.6 is 0 Å². The molecule has 0 unspecified atom stereocenters. The van der Waals surface area contributed by atoms with Gasteiger partial charge in [-0.25, -0.2) is 0 Å². The summed E-state index contributed by atoms with van der Waals surface area (Å²) in [5.74, 6) is 1.55. The average molecular weight is 286 g/mol. The first-order valence-electron chi connectivity index (χ1n) is 7.36. The van der Waals surface area contributed by atoms with Gasteiger partial charge in [-0.15, -0.1) is 0 Å². The predicted molar refractivity (Wildman–Crippen MR) is 85.7 cm³/mol. The third-order valence-corrected chi connectivity index (χ3v) is 2.95. The Kier molecular flexibility index (Phi) is 5.43. The highest BCUT2D eigenvalue weighted by molar-refractivity contribution is 5.64. The van der Waals surface area contributed by atoms with E-state index in [1.807, 2.05) is 30.3 Å². The molecule has 0 atom stereocenters. The lowest BCUT2D eigenvalue weighted by Crippen LogP contribution is -2.01. The molecule has 0 bridgehead atoms. The molecule has 0 saturated heterocycles. The quantitative estimate of drug-likeness (QED) is 0.838. The van der Waals surface area contributed by atoms with Gasteiger partial charge in [-0.1, -0.05) is 13.8 Å². The lowest BCUT2D eigenvalue weighted by molar-refractivity contribution is 0.268. The van der Waals surface area contributed by atoms with E-state index in [1.54, 1.807) is 6.20 Å². The van der Waals surface area contributed by atoms with Crippen LogP contribution in [0.15, 0.2) is 36.5 Å². The summed E-state index contributed by atoms with van der Waals surface area (Å²) in [6.07, 6.45) is 3.58. The molecule has 1 aromatic heterocycles. The molecule has 4 heteroatoms. The summed E-state index contributed by atoms with van der Waals surface area (Å²) >= 11 is 0. The van der Waals surface area contributed by atoms with Gasteiger partial charge in [0.2, 0.25) is 0 Å². The van der Waals surface area contributed by atoms with Crippen molar-refractivity contribution in [2.75, 3.05) is 18.9 Å². The molecular formula is C17H22N2O2. The minimum absolute atomic E-state index is 0.657. The molecular weight excluding hydrogens is 264 g/mol. The monoisotopic (exact) mass is 286 g/mol. The van der Waals surface area contributed by atoms with Gasteiger partial charge in [-0.2, -0.15) is 0 Å². The largest absolute Gasteiger partial charge is 0.490 e. The normalized spacial score (nSPS) is 10.4. The van der Waals surface area contributed by atoms with Gasteiger partial charge in [0.1, 0.15) is 0 Å². The van der Waals surface area contributed by atoms with Gasteiger partial charge in [-0.05, 0) is 43.2 Å². The van der Waals surface area contributed by atoms with E-state index in [4.69, 9.17) is 15.2 Å². The minimum atomic E-state index is 0.657. The van der Waals surface area contributed by atoms with Crippen molar-refractivity contribution in [3.63, 3.8) is 0 Å². The van der Waals surface area contributed by atoms with Gasteiger partial charge >= 0.3 is 0 Å². The van der Waals surface area contributed by atoms with Gasteiger partial charge in [0.25, 0.3) is 0 Å². The number of hydrogen-bond donors (Lipinski definition) is 1. The molecule has 0 aliphatic carbocycles. The minimum Gasteiger partial charge on any atom is -0.490 e. The number of benzene rings is 1. The van der Waals surface area contributed by atoms with Crippen molar-refractivity contribution in [1.82, 2.24) is 4.98 Å². The summed E-state index contributed by atoms with van der Waals surface area (Å²) in [5, 5.41) is 0. The smallest absolute Gasteiger partial charge is 0.161 e. The number of nitrogens with zero attached hydrogens (tertiary/aromatic N) is 1. The van der Waals surface area contributed by atoms with Crippen LogP contribution < -0.4 is 15.2 Å². The van der Waals surface area contributed by atoms with Crippen molar-refractivity contribution in [1.29, 1.82) is 0 Å².